The van der Waals surface area contributed by atoms with Gasteiger partial charge in [0.05, 0.1) is 0 Å². The van der Waals surface area contributed by atoms with Gasteiger partial charge in [-0.2, -0.15) is 0 Å². The lowest BCUT2D eigenvalue weighted by Crippen LogP contribution is -2.33. The number of aromatic nitrogens is 1. The zero-order valence-corrected chi connectivity index (χ0v) is 9.45. The molecular weight excluding hydrogens is 184 g/mol. The maximum Gasteiger partial charge on any atom is 0.0270 e. The highest BCUT2D eigenvalue weighted by atomic mass is 14.9. The van der Waals surface area contributed by atoms with Crippen LogP contribution < -0.4 is 5.32 Å². The number of nitrogens with one attached hydrogen (secondary N) is 1. The monoisotopic (exact) mass is 204 g/mol. The van der Waals surface area contributed by atoms with Crippen molar-refractivity contribution in [3.63, 3.8) is 0 Å². The van der Waals surface area contributed by atoms with Crippen molar-refractivity contribution in [1.29, 1.82) is 0 Å². The van der Waals surface area contributed by atoms with Crippen molar-refractivity contribution in [2.45, 2.75) is 38.6 Å². The van der Waals surface area contributed by atoms with Gasteiger partial charge in [0.15, 0.2) is 0 Å². The summed E-state index contributed by atoms with van der Waals surface area (Å²) in [5, 5.41) is 3.60. The number of rotatable bonds is 4. The lowest BCUT2D eigenvalue weighted by Gasteiger charge is -2.20. The Balaban J connectivity index is 1.93. The maximum absolute atomic E-state index is 4.06. The Labute approximate surface area is 92.1 Å². The topological polar surface area (TPSA) is 24.9 Å². The second-order valence-electron chi connectivity index (χ2n) is 4.41. The predicted molar refractivity (Wildman–Crippen MR) is 62.7 cm³/mol. The van der Waals surface area contributed by atoms with Crippen LogP contribution in [0.25, 0.3) is 0 Å². The molecule has 2 heteroatoms. The fourth-order valence-corrected chi connectivity index (χ4v) is 2.63. The average molecular weight is 204 g/mol. The van der Waals surface area contributed by atoms with Crippen LogP contribution in [0.1, 0.15) is 31.7 Å². The molecule has 2 nitrogen and oxygen atoms in total. The molecule has 2 rings (SSSR count). The number of hydrogen-bond donors (Lipinski definition) is 1. The van der Waals surface area contributed by atoms with Gasteiger partial charge in [-0.25, -0.2) is 0 Å². The zero-order valence-electron chi connectivity index (χ0n) is 9.45. The van der Waals surface area contributed by atoms with Crippen LogP contribution in [-0.4, -0.2) is 17.6 Å². The minimum absolute atomic E-state index is 0.739. The quantitative estimate of drug-likeness (QED) is 0.814. The van der Waals surface area contributed by atoms with E-state index in [2.05, 4.69) is 29.4 Å². The van der Waals surface area contributed by atoms with Crippen LogP contribution in [-0.2, 0) is 6.42 Å². The van der Waals surface area contributed by atoms with Crippen LogP contribution in [0.5, 0.6) is 0 Å². The number of pyridine rings is 1. The van der Waals surface area contributed by atoms with Gasteiger partial charge in [-0.3, -0.25) is 4.98 Å². The van der Waals surface area contributed by atoms with Gasteiger partial charge in [-0.1, -0.05) is 13.3 Å². The fraction of sp³-hybridized carbons (Fsp3) is 0.615. The van der Waals surface area contributed by atoms with Gasteiger partial charge < -0.3 is 5.32 Å². The molecule has 1 N–H and O–H groups in total. The van der Waals surface area contributed by atoms with Crippen LogP contribution in [0.2, 0.25) is 0 Å². The minimum Gasteiger partial charge on any atom is -0.314 e. The van der Waals surface area contributed by atoms with E-state index in [0.29, 0.717) is 0 Å². The van der Waals surface area contributed by atoms with E-state index >= 15 is 0 Å². The summed E-state index contributed by atoms with van der Waals surface area (Å²) in [6.07, 6.45) is 9.11. The Kier molecular flexibility index (Phi) is 3.73. The molecule has 1 aliphatic rings. The highest BCUT2D eigenvalue weighted by Crippen LogP contribution is 2.28. The summed E-state index contributed by atoms with van der Waals surface area (Å²) in [5.41, 5.74) is 1.43. The molecule has 0 amide bonds. The van der Waals surface area contributed by atoms with Crippen LogP contribution in [0, 0.1) is 5.92 Å². The van der Waals surface area contributed by atoms with E-state index in [1.807, 2.05) is 12.4 Å². The Morgan fingerprint density at radius 3 is 2.87 bits per heavy atom. The first kappa shape index (κ1) is 10.6. The van der Waals surface area contributed by atoms with Crippen molar-refractivity contribution in [2.24, 2.45) is 5.92 Å². The van der Waals surface area contributed by atoms with E-state index in [0.717, 1.165) is 18.5 Å². The summed E-state index contributed by atoms with van der Waals surface area (Å²) in [7, 11) is 0. The molecule has 1 aliphatic carbocycles. The van der Waals surface area contributed by atoms with Crippen molar-refractivity contribution >= 4 is 0 Å². The molecular formula is C13H20N2. The highest BCUT2D eigenvalue weighted by molar-refractivity contribution is 5.11. The first-order chi connectivity index (χ1) is 7.40. The molecule has 0 saturated heterocycles. The second-order valence-corrected chi connectivity index (χ2v) is 4.41. The third-order valence-corrected chi connectivity index (χ3v) is 3.37. The summed E-state index contributed by atoms with van der Waals surface area (Å²) >= 11 is 0. The third-order valence-electron chi connectivity index (χ3n) is 3.37. The van der Waals surface area contributed by atoms with Gasteiger partial charge in [0, 0.05) is 18.4 Å². The van der Waals surface area contributed by atoms with Crippen LogP contribution in [0.3, 0.4) is 0 Å². The van der Waals surface area contributed by atoms with Gasteiger partial charge in [0.25, 0.3) is 0 Å². The first-order valence-corrected chi connectivity index (χ1v) is 6.02. The minimum atomic E-state index is 0.739. The molecule has 1 fully saturated rings. The molecule has 1 aromatic rings. The second kappa shape index (κ2) is 5.26. The predicted octanol–water partition coefficient (Wildman–Crippen LogP) is 2.40. The van der Waals surface area contributed by atoms with E-state index in [-0.39, 0.29) is 0 Å². The molecule has 0 bridgehead atoms. The molecule has 0 radical (unpaired) electrons. The zero-order chi connectivity index (χ0) is 10.5. The summed E-state index contributed by atoms with van der Waals surface area (Å²) < 4.78 is 0. The van der Waals surface area contributed by atoms with Crippen molar-refractivity contribution in [1.82, 2.24) is 10.3 Å². The van der Waals surface area contributed by atoms with Gasteiger partial charge in [0.2, 0.25) is 0 Å². The molecule has 0 aromatic carbocycles. The van der Waals surface area contributed by atoms with Crippen molar-refractivity contribution < 1.29 is 0 Å². The fourth-order valence-electron chi connectivity index (χ4n) is 2.63. The smallest absolute Gasteiger partial charge is 0.0270 e. The number of nitrogens with zero attached hydrogens (tertiary/aromatic N) is 1. The van der Waals surface area contributed by atoms with Crippen molar-refractivity contribution in [2.75, 3.05) is 6.54 Å². The number of hydrogen-bond acceptors (Lipinski definition) is 2. The van der Waals surface area contributed by atoms with E-state index in [4.69, 9.17) is 0 Å². The Morgan fingerprint density at radius 2 is 2.13 bits per heavy atom. The normalized spacial score (nSPS) is 25.7. The van der Waals surface area contributed by atoms with Crippen LogP contribution >= 0.6 is 0 Å². The Morgan fingerprint density at radius 1 is 1.33 bits per heavy atom. The first-order valence-electron chi connectivity index (χ1n) is 6.02. The Bertz CT molecular complexity index is 284. The summed E-state index contributed by atoms with van der Waals surface area (Å²) in [4.78, 5) is 4.06. The summed E-state index contributed by atoms with van der Waals surface area (Å²) in [6.45, 7) is 3.29. The molecule has 1 heterocycles. The molecule has 2 atom stereocenters. The van der Waals surface area contributed by atoms with E-state index in [1.165, 1.54) is 31.2 Å². The molecule has 15 heavy (non-hydrogen) atoms. The van der Waals surface area contributed by atoms with E-state index < -0.39 is 0 Å². The molecule has 0 aliphatic heterocycles. The Hall–Kier alpha value is -0.890. The van der Waals surface area contributed by atoms with E-state index in [9.17, 15) is 0 Å². The molecule has 0 spiro atoms. The van der Waals surface area contributed by atoms with Crippen molar-refractivity contribution in [3.05, 3.63) is 30.1 Å². The van der Waals surface area contributed by atoms with Crippen molar-refractivity contribution in [3.8, 4) is 0 Å². The highest BCUT2D eigenvalue weighted by Gasteiger charge is 2.26. The van der Waals surface area contributed by atoms with Crippen LogP contribution in [0.4, 0.5) is 0 Å². The van der Waals surface area contributed by atoms with E-state index in [1.54, 1.807) is 0 Å². The van der Waals surface area contributed by atoms with Crippen LogP contribution in [0.15, 0.2) is 24.5 Å². The maximum atomic E-state index is 4.06. The standard InChI is InChI=1S/C13H20N2/c1-2-15-13-5-3-4-12(13)10-11-6-8-14-9-7-11/h6-9,12-13,15H,2-5,10H2,1H3. The molecule has 2 unspecified atom stereocenters. The summed E-state index contributed by atoms with van der Waals surface area (Å²) in [5.74, 6) is 0.826. The lowest BCUT2D eigenvalue weighted by atomic mass is 9.95. The molecule has 82 valence electrons. The average Bonchev–Trinajstić information content (AvgIpc) is 2.68. The van der Waals surface area contributed by atoms with Gasteiger partial charge in [-0.15, -0.1) is 0 Å². The third kappa shape index (κ3) is 2.78. The SMILES string of the molecule is CCNC1CCCC1Cc1ccncc1. The lowest BCUT2D eigenvalue weighted by molar-refractivity contribution is 0.406. The van der Waals surface area contributed by atoms with Gasteiger partial charge in [-0.05, 0) is 49.4 Å². The van der Waals surface area contributed by atoms with Gasteiger partial charge in [0.1, 0.15) is 0 Å². The van der Waals surface area contributed by atoms with Gasteiger partial charge >= 0.3 is 0 Å². The molecule has 1 aromatic heterocycles. The summed E-state index contributed by atoms with van der Waals surface area (Å²) in [6, 6.07) is 5.02. The molecule has 1 saturated carbocycles. The largest absolute Gasteiger partial charge is 0.314 e.